The van der Waals surface area contributed by atoms with Gasteiger partial charge in [-0.25, -0.2) is 4.79 Å². The van der Waals surface area contributed by atoms with Crippen LogP contribution in [0.4, 0.5) is 0 Å². The minimum absolute atomic E-state index is 0.0567. The fourth-order valence-corrected chi connectivity index (χ4v) is 25.3. The highest BCUT2D eigenvalue weighted by Gasteiger charge is 2.89. The van der Waals surface area contributed by atoms with Crippen LogP contribution in [0, 0.1) is 129 Å². The number of hydrogen-bond donors (Lipinski definition) is 6. The van der Waals surface area contributed by atoms with Gasteiger partial charge >= 0.3 is 5.97 Å². The van der Waals surface area contributed by atoms with Gasteiger partial charge in [0.05, 0.1) is 35.9 Å². The molecule has 18 rings (SSSR count). The van der Waals surface area contributed by atoms with Crippen molar-refractivity contribution in [3.8, 4) is 23.7 Å². The molecular weight excluding hydrogens is 1070 g/mol. The van der Waals surface area contributed by atoms with Crippen LogP contribution in [0.5, 0.6) is 0 Å². The molecule has 3 aliphatic heterocycles. The molecule has 17 bridgehead atoms. The number of carbonyl (C=O) groups excluding carboxylic acids is 2. The molecule has 3 aromatic carbocycles. The highest BCUT2D eigenvalue weighted by molar-refractivity contribution is 5.86. The van der Waals surface area contributed by atoms with Crippen molar-refractivity contribution in [2.75, 3.05) is 7.05 Å². The fourth-order valence-electron chi connectivity index (χ4n) is 25.3. The van der Waals surface area contributed by atoms with Crippen LogP contribution in [-0.2, 0) is 51.4 Å². The van der Waals surface area contributed by atoms with Crippen LogP contribution < -0.4 is 5.32 Å². The average Bonchev–Trinajstić information content (AvgIpc) is 1.20. The molecule has 10 heteroatoms. The van der Waals surface area contributed by atoms with E-state index in [9.17, 15) is 15.0 Å². The third-order valence-corrected chi connectivity index (χ3v) is 28.1. The Kier molecular flexibility index (Phi) is 12.7. The summed E-state index contributed by atoms with van der Waals surface area (Å²) in [5.74, 6) is 12.1. The Balaban J connectivity index is 0.909. The molecule has 12 aliphatic carbocycles. The number of aliphatic hydroxyl groups is 5. The Morgan fingerprint density at radius 2 is 1.66 bits per heavy atom. The van der Waals surface area contributed by atoms with Crippen LogP contribution in [0.3, 0.4) is 0 Å². The van der Waals surface area contributed by atoms with Crippen molar-refractivity contribution < 1.29 is 44.6 Å². The summed E-state index contributed by atoms with van der Waals surface area (Å²) < 4.78 is 14.5. The van der Waals surface area contributed by atoms with E-state index in [0.29, 0.717) is 63.2 Å². The Morgan fingerprint density at radius 3 is 2.50 bits per heavy atom. The molecule has 26 atom stereocenters. The molecule has 450 valence electrons. The standard InChI is InChI=1S/C76H87NO9/c1-77-64-35-58-47(16-8-20-52(58)40-78)15-5-6-24-72-38-51-19-9-17-48(27-43-11-3-2-4-12-43)53-30-55-33-56-29-45-14-7-13-44(25-45)26-46-22-23-50(28-46)57-21-10-18-49-32-63-70(85-56)71(55,37-53)41-73(42-79)68(51)76(84,69(81)62(34-59(49)57)75(63,73)83)74(72,82)39-54-31-60(64)67-61(66(54)72)36-65(80)86-67/h2-4,7-8,10-14,16,18,20,25,36,42,46,48-51,53-57,59-60,62-64,66-70,77-78,81-84H,6,17,21-24,26-35,37-41H2,1H3. The van der Waals surface area contributed by atoms with Crippen LogP contribution in [0.25, 0.3) is 0 Å². The Hall–Kier alpha value is -4.88. The molecule has 3 aromatic rings. The number of aliphatic hydroxyl groups excluding tert-OH is 2. The summed E-state index contributed by atoms with van der Waals surface area (Å²) in [7, 11) is 1.94. The first kappa shape index (κ1) is 55.2. The summed E-state index contributed by atoms with van der Waals surface area (Å²) in [5, 5.41) is 75.5. The number of esters is 1. The van der Waals surface area contributed by atoms with Gasteiger partial charge in [-0.05, 0) is 221 Å². The van der Waals surface area contributed by atoms with Crippen molar-refractivity contribution in [1.82, 2.24) is 5.32 Å². The maximum atomic E-state index is 16.1. The van der Waals surface area contributed by atoms with Gasteiger partial charge in [-0.1, -0.05) is 96.6 Å². The molecule has 6 N–H and O–H groups in total. The van der Waals surface area contributed by atoms with Gasteiger partial charge in [0, 0.05) is 70.9 Å². The van der Waals surface area contributed by atoms with Crippen LogP contribution >= 0.6 is 0 Å². The number of rotatable bonds is 5. The lowest BCUT2D eigenvalue weighted by atomic mass is 9.31. The van der Waals surface area contributed by atoms with Gasteiger partial charge in [0.15, 0.2) is 0 Å². The highest BCUT2D eigenvalue weighted by atomic mass is 16.5. The Morgan fingerprint density at radius 1 is 0.814 bits per heavy atom. The van der Waals surface area contributed by atoms with Crippen molar-refractivity contribution in [3.05, 3.63) is 130 Å². The monoisotopic (exact) mass is 1160 g/mol. The molecule has 0 aromatic heterocycles. The number of aldehydes is 1. The van der Waals surface area contributed by atoms with E-state index in [1.165, 1.54) is 16.7 Å². The Bertz CT molecular complexity index is 3460. The first-order chi connectivity index (χ1) is 41.8. The van der Waals surface area contributed by atoms with E-state index in [1.807, 2.05) is 25.2 Å². The maximum absolute atomic E-state index is 16.1. The van der Waals surface area contributed by atoms with E-state index >= 15 is 20.1 Å². The van der Waals surface area contributed by atoms with Gasteiger partial charge in [-0.2, -0.15) is 0 Å². The number of ether oxygens (including phenoxy) is 2. The van der Waals surface area contributed by atoms with E-state index < -0.39 is 86.9 Å². The topological polar surface area (TPSA) is 166 Å². The van der Waals surface area contributed by atoms with Gasteiger partial charge in [0.1, 0.15) is 23.6 Å². The molecule has 15 aliphatic rings. The van der Waals surface area contributed by atoms with Gasteiger partial charge in [0.25, 0.3) is 0 Å². The Labute approximate surface area is 507 Å². The van der Waals surface area contributed by atoms with Crippen LogP contribution in [0.15, 0.2) is 96.6 Å². The number of allylic oxidation sites excluding steroid dienone is 2. The molecule has 3 heterocycles. The fraction of sp³-hybridized carbons (Fsp3) is 0.632. The molecule has 1 saturated heterocycles. The van der Waals surface area contributed by atoms with E-state index in [1.54, 1.807) is 6.08 Å². The summed E-state index contributed by atoms with van der Waals surface area (Å²) >= 11 is 0. The largest absolute Gasteiger partial charge is 0.454 e. The minimum atomic E-state index is -2.34. The lowest BCUT2D eigenvalue weighted by molar-refractivity contribution is -0.397. The summed E-state index contributed by atoms with van der Waals surface area (Å²) in [6.45, 7) is -0.141. The van der Waals surface area contributed by atoms with E-state index in [4.69, 9.17) is 9.47 Å². The van der Waals surface area contributed by atoms with Crippen molar-refractivity contribution >= 4 is 12.3 Å². The predicted octanol–water partition coefficient (Wildman–Crippen LogP) is 9.23. The number of benzene rings is 3. The summed E-state index contributed by atoms with van der Waals surface area (Å²) in [4.78, 5) is 30.3. The number of likely N-dealkylation sites (N-methyl/N-ethyl adjacent to an activating group) is 1. The van der Waals surface area contributed by atoms with Gasteiger partial charge in [-0.15, -0.1) is 5.92 Å². The van der Waals surface area contributed by atoms with Crippen LogP contribution in [0.1, 0.15) is 136 Å². The molecule has 26 unspecified atom stereocenters. The second-order valence-corrected chi connectivity index (χ2v) is 31.1. The molecular formula is C76H87NO9. The number of carbonyl (C=O) groups is 2. The number of hydrogen-bond acceptors (Lipinski definition) is 10. The maximum Gasteiger partial charge on any atom is 0.331 e. The third kappa shape index (κ3) is 7.42. The highest BCUT2D eigenvalue weighted by Crippen LogP contribution is 2.82. The van der Waals surface area contributed by atoms with Crippen molar-refractivity contribution in [2.24, 2.45) is 105 Å². The quantitative estimate of drug-likeness (QED) is 0.0628. The SMILES string of the molecule is CNC1Cc2c(cccc2CO)C#CCCC23CC4C#CCC(Cc5ccccc5)C5CC6CC7Cc8cccc(c8)CC8CCC(C8)C8CC=CC9CC%10C(O7)C6(C5)CC5(C=O)C4C(O)(C(O)C(CC98)C%105O)C2(O)CC2CC1C1OC(=O)C=C1C23. The first-order valence-corrected chi connectivity index (χ1v) is 33.8. The molecule has 86 heavy (non-hydrogen) atoms. The zero-order valence-corrected chi connectivity index (χ0v) is 50.0. The number of nitrogens with one attached hydrogen (secondary N) is 1. The second-order valence-electron chi connectivity index (χ2n) is 31.1. The van der Waals surface area contributed by atoms with Crippen molar-refractivity contribution in [2.45, 2.75) is 182 Å². The smallest absolute Gasteiger partial charge is 0.331 e. The van der Waals surface area contributed by atoms with E-state index in [2.05, 4.69) is 95.7 Å². The zero-order valence-electron chi connectivity index (χ0n) is 50.0. The van der Waals surface area contributed by atoms with E-state index in [-0.39, 0.29) is 78.9 Å². The normalized spacial score (nSPS) is 49.2. The van der Waals surface area contributed by atoms with Gasteiger partial charge in [-0.3, -0.25) is 0 Å². The average molecular weight is 1160 g/mol. The zero-order chi connectivity index (χ0) is 58.3. The predicted molar refractivity (Wildman–Crippen MR) is 324 cm³/mol. The summed E-state index contributed by atoms with van der Waals surface area (Å²) in [6, 6.07) is 25.8. The lowest BCUT2D eigenvalue weighted by Crippen LogP contribution is -2.88. The summed E-state index contributed by atoms with van der Waals surface area (Å²) in [5.41, 5.74) is -2.21. The van der Waals surface area contributed by atoms with Crippen LogP contribution in [-0.4, -0.2) is 92.1 Å². The molecule has 0 radical (unpaired) electrons. The van der Waals surface area contributed by atoms with Crippen molar-refractivity contribution in [3.63, 3.8) is 0 Å². The third-order valence-electron chi connectivity index (χ3n) is 28.1. The van der Waals surface area contributed by atoms with E-state index in [0.717, 1.165) is 92.8 Å². The first-order valence-electron chi connectivity index (χ1n) is 33.8. The number of fused-ring (bicyclic) bond motifs is 11. The summed E-state index contributed by atoms with van der Waals surface area (Å²) in [6.07, 6.45) is 18.6. The lowest BCUT2D eigenvalue weighted by Gasteiger charge is -2.76. The van der Waals surface area contributed by atoms with Gasteiger partial charge in [0.2, 0.25) is 0 Å². The van der Waals surface area contributed by atoms with Crippen molar-refractivity contribution in [1.29, 1.82) is 0 Å². The molecule has 8 saturated carbocycles. The molecule has 10 nitrogen and oxygen atoms in total. The molecule has 2 spiro atoms. The van der Waals surface area contributed by atoms with Crippen LogP contribution in [0.2, 0.25) is 0 Å². The minimum Gasteiger partial charge on any atom is -0.454 e. The second kappa shape index (κ2) is 19.8. The van der Waals surface area contributed by atoms with Gasteiger partial charge < -0.3 is 45.1 Å². The molecule has 0 amide bonds. The molecule has 9 fully saturated rings.